The van der Waals surface area contributed by atoms with Gasteiger partial charge < -0.3 is 5.11 Å². The lowest BCUT2D eigenvalue weighted by atomic mass is 10.1. The van der Waals surface area contributed by atoms with Crippen molar-refractivity contribution < 1.29 is 9.90 Å². The predicted molar refractivity (Wildman–Crippen MR) is 95.3 cm³/mol. The number of thioether (sulfide) groups is 1. The van der Waals surface area contributed by atoms with Crippen LogP contribution in [0.4, 0.5) is 0 Å². The van der Waals surface area contributed by atoms with Crippen LogP contribution in [-0.2, 0) is 0 Å². The Hall–Kier alpha value is -2.34. The number of nitrogens with zero attached hydrogens (tertiary/aromatic N) is 2. The van der Waals surface area contributed by atoms with Crippen LogP contribution in [0.3, 0.4) is 0 Å². The van der Waals surface area contributed by atoms with E-state index in [2.05, 4.69) is 11.9 Å². The molecular formula is C18H18N2O3S. The van der Waals surface area contributed by atoms with Gasteiger partial charge in [-0.25, -0.2) is 9.55 Å². The third-order valence-corrected chi connectivity index (χ3v) is 5.09. The van der Waals surface area contributed by atoms with Gasteiger partial charge in [-0.3, -0.25) is 9.59 Å². The number of aromatic nitrogens is 2. The Morgan fingerprint density at radius 3 is 2.71 bits per heavy atom. The van der Waals surface area contributed by atoms with Crippen molar-refractivity contribution in [3.63, 3.8) is 0 Å². The SMILES string of the molecule is CCCCC1Sc2ncc(/C=C/c3ccc(O)cc3)c(=O)n2C1=O. The van der Waals surface area contributed by atoms with Gasteiger partial charge in [0.2, 0.25) is 5.91 Å². The molecule has 1 aliphatic rings. The van der Waals surface area contributed by atoms with Crippen LogP contribution in [0, 0.1) is 0 Å². The summed E-state index contributed by atoms with van der Waals surface area (Å²) in [6, 6.07) is 6.63. The number of hydrogen-bond acceptors (Lipinski definition) is 5. The van der Waals surface area contributed by atoms with Crippen molar-refractivity contribution in [1.82, 2.24) is 9.55 Å². The van der Waals surface area contributed by atoms with Gasteiger partial charge in [-0.2, -0.15) is 0 Å². The monoisotopic (exact) mass is 342 g/mol. The third kappa shape index (κ3) is 3.28. The lowest BCUT2D eigenvalue weighted by Gasteiger charge is -2.03. The number of phenols is 1. The fourth-order valence-corrected chi connectivity index (χ4v) is 3.65. The molecule has 1 unspecified atom stereocenters. The minimum absolute atomic E-state index is 0.166. The topological polar surface area (TPSA) is 72.2 Å². The van der Waals surface area contributed by atoms with Crippen molar-refractivity contribution in [2.45, 2.75) is 36.6 Å². The molecule has 0 bridgehead atoms. The largest absolute Gasteiger partial charge is 0.508 e. The Balaban J connectivity index is 1.86. The molecule has 1 atom stereocenters. The van der Waals surface area contributed by atoms with Crippen molar-refractivity contribution in [3.05, 3.63) is 51.9 Å². The fraction of sp³-hybridized carbons (Fsp3) is 0.278. The summed E-state index contributed by atoms with van der Waals surface area (Å²) >= 11 is 1.37. The molecule has 0 saturated heterocycles. The molecule has 6 heteroatoms. The first-order valence-corrected chi connectivity index (χ1v) is 8.78. The van der Waals surface area contributed by atoms with E-state index >= 15 is 0 Å². The maximum absolute atomic E-state index is 12.6. The van der Waals surface area contributed by atoms with Crippen LogP contribution in [0.1, 0.15) is 42.1 Å². The van der Waals surface area contributed by atoms with E-state index in [4.69, 9.17) is 0 Å². The molecule has 0 spiro atoms. The van der Waals surface area contributed by atoms with E-state index in [1.807, 2.05) is 0 Å². The Kier molecular flexibility index (Phi) is 4.85. The second-order valence-corrected chi connectivity index (χ2v) is 6.82. The lowest BCUT2D eigenvalue weighted by molar-refractivity contribution is 0.0900. The molecule has 0 saturated carbocycles. The summed E-state index contributed by atoms with van der Waals surface area (Å²) in [5.41, 5.74) is 0.891. The van der Waals surface area contributed by atoms with Gasteiger partial charge in [-0.1, -0.05) is 49.7 Å². The smallest absolute Gasteiger partial charge is 0.268 e. The molecule has 0 aliphatic carbocycles. The predicted octanol–water partition coefficient (Wildman–Crippen LogP) is 3.42. The molecule has 2 heterocycles. The van der Waals surface area contributed by atoms with Crippen LogP contribution >= 0.6 is 11.8 Å². The van der Waals surface area contributed by atoms with E-state index in [0.717, 1.165) is 24.8 Å². The Morgan fingerprint density at radius 2 is 2.00 bits per heavy atom. The minimum atomic E-state index is -0.327. The van der Waals surface area contributed by atoms with Gasteiger partial charge in [-0.05, 0) is 30.2 Å². The molecule has 3 rings (SSSR count). The van der Waals surface area contributed by atoms with Crippen molar-refractivity contribution in [3.8, 4) is 5.75 Å². The number of hydrogen-bond donors (Lipinski definition) is 1. The zero-order valence-corrected chi connectivity index (χ0v) is 14.1. The van der Waals surface area contributed by atoms with Crippen LogP contribution in [0.5, 0.6) is 5.75 Å². The molecule has 1 N–H and O–H groups in total. The van der Waals surface area contributed by atoms with Gasteiger partial charge in [0.15, 0.2) is 5.16 Å². The number of fused-ring (bicyclic) bond motifs is 1. The van der Waals surface area contributed by atoms with Crippen LogP contribution in [-0.4, -0.2) is 25.8 Å². The average Bonchev–Trinajstić information content (AvgIpc) is 2.90. The molecule has 0 amide bonds. The van der Waals surface area contributed by atoms with E-state index in [1.54, 1.807) is 36.4 Å². The maximum atomic E-state index is 12.6. The van der Waals surface area contributed by atoms with Crippen molar-refractivity contribution in [2.75, 3.05) is 0 Å². The quantitative estimate of drug-likeness (QED) is 0.843. The van der Waals surface area contributed by atoms with Gasteiger partial charge in [0.1, 0.15) is 5.75 Å². The van der Waals surface area contributed by atoms with E-state index in [0.29, 0.717) is 10.7 Å². The summed E-state index contributed by atoms with van der Waals surface area (Å²) in [5, 5.41) is 9.55. The highest BCUT2D eigenvalue weighted by atomic mass is 32.2. The molecule has 5 nitrogen and oxygen atoms in total. The molecule has 1 aromatic carbocycles. The maximum Gasteiger partial charge on any atom is 0.268 e. The first-order chi connectivity index (χ1) is 11.6. The van der Waals surface area contributed by atoms with Crippen LogP contribution < -0.4 is 5.56 Å². The molecule has 0 radical (unpaired) electrons. The summed E-state index contributed by atoms with van der Waals surface area (Å²) in [6.07, 6.45) is 7.65. The van der Waals surface area contributed by atoms with E-state index in [9.17, 15) is 14.7 Å². The Morgan fingerprint density at radius 1 is 1.25 bits per heavy atom. The second kappa shape index (κ2) is 7.05. The van der Waals surface area contributed by atoms with Gasteiger partial charge in [0.25, 0.3) is 5.56 Å². The van der Waals surface area contributed by atoms with Gasteiger partial charge >= 0.3 is 0 Å². The first-order valence-electron chi connectivity index (χ1n) is 7.90. The Labute approximate surface area is 144 Å². The molecule has 24 heavy (non-hydrogen) atoms. The standard InChI is InChI=1S/C18H18N2O3S/c1-2-3-4-15-17(23)20-16(22)13(11-19-18(20)24-15)8-5-12-6-9-14(21)10-7-12/h5-11,15,21H,2-4H2,1H3/b8-5+. The molecule has 2 aromatic rings. The zero-order valence-electron chi connectivity index (χ0n) is 13.3. The summed E-state index contributed by atoms with van der Waals surface area (Å²) in [7, 11) is 0. The summed E-state index contributed by atoms with van der Waals surface area (Å²) in [5.74, 6) is 0.0213. The normalized spacial score (nSPS) is 16.7. The number of carbonyl (C=O) groups excluding carboxylic acids is 1. The van der Waals surface area contributed by atoms with Crippen molar-refractivity contribution in [2.24, 2.45) is 0 Å². The van der Waals surface area contributed by atoms with Crippen molar-refractivity contribution >= 4 is 29.8 Å². The van der Waals surface area contributed by atoms with Gasteiger partial charge in [-0.15, -0.1) is 0 Å². The molecule has 124 valence electrons. The summed E-state index contributed by atoms with van der Waals surface area (Å²) in [4.78, 5) is 29.3. The van der Waals surface area contributed by atoms with E-state index in [-0.39, 0.29) is 22.5 Å². The molecule has 1 aromatic heterocycles. The van der Waals surface area contributed by atoms with Gasteiger partial charge in [0.05, 0.1) is 10.8 Å². The summed E-state index contributed by atoms with van der Waals surface area (Å²) in [6.45, 7) is 2.08. The highest BCUT2D eigenvalue weighted by Gasteiger charge is 2.33. The lowest BCUT2D eigenvalue weighted by Crippen LogP contribution is -2.30. The molecule has 0 fully saturated rings. The van der Waals surface area contributed by atoms with Gasteiger partial charge in [0, 0.05) is 6.20 Å². The highest BCUT2D eigenvalue weighted by molar-refractivity contribution is 8.00. The second-order valence-electron chi connectivity index (χ2n) is 5.65. The van der Waals surface area contributed by atoms with E-state index < -0.39 is 0 Å². The third-order valence-electron chi connectivity index (χ3n) is 3.87. The Bertz CT molecular complexity index is 840. The molecular weight excluding hydrogens is 324 g/mol. The average molecular weight is 342 g/mol. The summed E-state index contributed by atoms with van der Waals surface area (Å²) < 4.78 is 1.20. The highest BCUT2D eigenvalue weighted by Crippen LogP contribution is 2.32. The van der Waals surface area contributed by atoms with Crippen LogP contribution in [0.2, 0.25) is 0 Å². The minimum Gasteiger partial charge on any atom is -0.508 e. The number of rotatable bonds is 5. The van der Waals surface area contributed by atoms with Crippen LogP contribution in [0.15, 0.2) is 40.4 Å². The first kappa shape index (κ1) is 16.5. The number of carbonyl (C=O) groups is 1. The number of benzene rings is 1. The number of unbranched alkanes of at least 4 members (excludes halogenated alkanes) is 1. The van der Waals surface area contributed by atoms with Crippen LogP contribution in [0.25, 0.3) is 12.2 Å². The van der Waals surface area contributed by atoms with E-state index in [1.165, 1.54) is 22.5 Å². The number of aromatic hydroxyl groups is 1. The van der Waals surface area contributed by atoms with Crippen molar-refractivity contribution in [1.29, 1.82) is 0 Å². The fourth-order valence-electron chi connectivity index (χ4n) is 2.51. The molecule has 1 aliphatic heterocycles. The zero-order chi connectivity index (χ0) is 17.1. The number of phenolic OH excluding ortho intramolecular Hbond substituents is 1.